The third-order valence-corrected chi connectivity index (χ3v) is 3.66. The molecule has 4 nitrogen and oxygen atoms in total. The Morgan fingerprint density at radius 2 is 2.40 bits per heavy atom. The van der Waals surface area contributed by atoms with E-state index in [1.165, 1.54) is 19.4 Å². The standard InChI is InChI=1S/C16H27N3O/c1-2-12-20-16-7-5-10-19(14-16)11-9-17-13-15-6-3-4-8-18-15/h3-4,6,8,16-17H,2,5,7,9-14H2,1H3. The van der Waals surface area contributed by atoms with Gasteiger partial charge < -0.3 is 10.1 Å². The summed E-state index contributed by atoms with van der Waals surface area (Å²) >= 11 is 0. The van der Waals surface area contributed by atoms with E-state index in [2.05, 4.69) is 28.2 Å². The van der Waals surface area contributed by atoms with Gasteiger partial charge in [-0.15, -0.1) is 0 Å². The highest BCUT2D eigenvalue weighted by Gasteiger charge is 2.19. The van der Waals surface area contributed by atoms with Crippen molar-refractivity contribution in [2.45, 2.75) is 38.8 Å². The second kappa shape index (κ2) is 9.06. The number of nitrogens with one attached hydrogen (secondary N) is 1. The molecule has 0 saturated carbocycles. The molecule has 0 amide bonds. The maximum absolute atomic E-state index is 5.87. The van der Waals surface area contributed by atoms with Crippen LogP contribution in [0.2, 0.25) is 0 Å². The first-order valence-corrected chi connectivity index (χ1v) is 7.83. The fraction of sp³-hybridized carbons (Fsp3) is 0.688. The molecule has 1 fully saturated rings. The summed E-state index contributed by atoms with van der Waals surface area (Å²) in [5, 5.41) is 3.46. The lowest BCUT2D eigenvalue weighted by Gasteiger charge is -2.32. The van der Waals surface area contributed by atoms with Gasteiger partial charge in [0.2, 0.25) is 0 Å². The molecule has 0 spiro atoms. The Hall–Kier alpha value is -0.970. The van der Waals surface area contributed by atoms with Crippen molar-refractivity contribution in [1.29, 1.82) is 0 Å². The molecule has 4 heteroatoms. The molecule has 2 rings (SSSR count). The minimum Gasteiger partial charge on any atom is -0.377 e. The van der Waals surface area contributed by atoms with Crippen LogP contribution in [0, 0.1) is 0 Å². The van der Waals surface area contributed by atoms with Gasteiger partial charge in [-0.25, -0.2) is 0 Å². The predicted molar refractivity (Wildman–Crippen MR) is 81.6 cm³/mol. The Morgan fingerprint density at radius 3 is 3.20 bits per heavy atom. The van der Waals surface area contributed by atoms with Crippen LogP contribution in [0.4, 0.5) is 0 Å². The highest BCUT2D eigenvalue weighted by atomic mass is 16.5. The Kier molecular flexibility index (Phi) is 6.98. The van der Waals surface area contributed by atoms with Gasteiger partial charge in [-0.1, -0.05) is 13.0 Å². The Bertz CT molecular complexity index is 358. The maximum Gasteiger partial charge on any atom is 0.0702 e. The summed E-state index contributed by atoms with van der Waals surface area (Å²) < 4.78 is 5.87. The van der Waals surface area contributed by atoms with Gasteiger partial charge in [0.25, 0.3) is 0 Å². The molecule has 1 atom stereocenters. The molecular formula is C16H27N3O. The lowest BCUT2D eigenvalue weighted by Crippen LogP contribution is -2.42. The average molecular weight is 277 g/mol. The van der Waals surface area contributed by atoms with Crippen molar-refractivity contribution in [3.05, 3.63) is 30.1 Å². The smallest absolute Gasteiger partial charge is 0.0702 e. The number of rotatable bonds is 8. The van der Waals surface area contributed by atoms with Gasteiger partial charge in [-0.3, -0.25) is 9.88 Å². The van der Waals surface area contributed by atoms with E-state index in [1.54, 1.807) is 0 Å². The quantitative estimate of drug-likeness (QED) is 0.738. The summed E-state index contributed by atoms with van der Waals surface area (Å²) in [7, 11) is 0. The van der Waals surface area contributed by atoms with Gasteiger partial charge in [0.1, 0.15) is 0 Å². The van der Waals surface area contributed by atoms with Crippen molar-refractivity contribution in [3.63, 3.8) is 0 Å². The molecule has 1 aliphatic rings. The minimum atomic E-state index is 0.444. The molecule has 112 valence electrons. The maximum atomic E-state index is 5.87. The fourth-order valence-electron chi connectivity index (χ4n) is 2.59. The number of likely N-dealkylation sites (tertiary alicyclic amines) is 1. The van der Waals surface area contributed by atoms with Gasteiger partial charge in [0.05, 0.1) is 11.8 Å². The summed E-state index contributed by atoms with van der Waals surface area (Å²) in [5.74, 6) is 0. The number of ether oxygens (including phenoxy) is 1. The van der Waals surface area contributed by atoms with E-state index in [0.29, 0.717) is 6.10 Å². The lowest BCUT2D eigenvalue weighted by atomic mass is 10.1. The third kappa shape index (κ3) is 5.57. The zero-order chi connectivity index (χ0) is 14.0. The van der Waals surface area contributed by atoms with Crippen LogP contribution in [-0.2, 0) is 11.3 Å². The first-order chi connectivity index (χ1) is 9.88. The van der Waals surface area contributed by atoms with Gasteiger partial charge in [0, 0.05) is 39.0 Å². The van der Waals surface area contributed by atoms with Crippen molar-refractivity contribution in [2.24, 2.45) is 0 Å². The van der Waals surface area contributed by atoms with Crippen LogP contribution < -0.4 is 5.32 Å². The van der Waals surface area contributed by atoms with Gasteiger partial charge >= 0.3 is 0 Å². The monoisotopic (exact) mass is 277 g/mol. The predicted octanol–water partition coefficient (Wildman–Crippen LogP) is 2.06. The molecule has 0 aliphatic carbocycles. The lowest BCUT2D eigenvalue weighted by molar-refractivity contribution is 0.000348. The van der Waals surface area contributed by atoms with Crippen molar-refractivity contribution >= 4 is 0 Å². The SMILES string of the molecule is CCCOC1CCCN(CCNCc2ccccn2)C1. The first-order valence-electron chi connectivity index (χ1n) is 7.83. The van der Waals surface area contributed by atoms with Crippen LogP contribution in [0.5, 0.6) is 0 Å². The summed E-state index contributed by atoms with van der Waals surface area (Å²) in [4.78, 5) is 6.82. The fourth-order valence-corrected chi connectivity index (χ4v) is 2.59. The van der Waals surface area contributed by atoms with E-state index in [0.717, 1.165) is 44.9 Å². The minimum absolute atomic E-state index is 0.444. The molecule has 0 aromatic carbocycles. The average Bonchev–Trinajstić information content (AvgIpc) is 2.51. The number of pyridine rings is 1. The van der Waals surface area contributed by atoms with E-state index < -0.39 is 0 Å². The van der Waals surface area contributed by atoms with E-state index in [1.807, 2.05) is 18.3 Å². The normalized spacial score (nSPS) is 20.1. The van der Waals surface area contributed by atoms with Crippen LogP contribution in [0.25, 0.3) is 0 Å². The van der Waals surface area contributed by atoms with Gasteiger partial charge in [-0.2, -0.15) is 0 Å². The number of aromatic nitrogens is 1. The third-order valence-electron chi connectivity index (χ3n) is 3.66. The van der Waals surface area contributed by atoms with E-state index >= 15 is 0 Å². The molecule has 20 heavy (non-hydrogen) atoms. The Labute approximate surface area is 122 Å². The zero-order valence-electron chi connectivity index (χ0n) is 12.6. The molecule has 0 radical (unpaired) electrons. The molecule has 1 saturated heterocycles. The molecule has 1 unspecified atom stereocenters. The summed E-state index contributed by atoms with van der Waals surface area (Å²) in [6, 6.07) is 6.04. The van der Waals surface area contributed by atoms with Crippen LogP contribution in [0.1, 0.15) is 31.9 Å². The Morgan fingerprint density at radius 1 is 1.45 bits per heavy atom. The second-order valence-electron chi connectivity index (χ2n) is 5.43. The molecule has 1 aliphatic heterocycles. The number of piperidine rings is 1. The summed E-state index contributed by atoms with van der Waals surface area (Å²) in [6.45, 7) is 8.32. The molecule has 1 N–H and O–H groups in total. The topological polar surface area (TPSA) is 37.4 Å². The molecule has 0 bridgehead atoms. The van der Waals surface area contributed by atoms with Crippen molar-refractivity contribution in [1.82, 2.24) is 15.2 Å². The largest absolute Gasteiger partial charge is 0.377 e. The van der Waals surface area contributed by atoms with Crippen LogP contribution in [-0.4, -0.2) is 48.8 Å². The van der Waals surface area contributed by atoms with E-state index in [-0.39, 0.29) is 0 Å². The first kappa shape index (κ1) is 15.4. The molecule has 1 aromatic heterocycles. The van der Waals surface area contributed by atoms with Crippen molar-refractivity contribution in [3.8, 4) is 0 Å². The number of nitrogens with zero attached hydrogens (tertiary/aromatic N) is 2. The number of hydrogen-bond acceptors (Lipinski definition) is 4. The highest BCUT2D eigenvalue weighted by Crippen LogP contribution is 2.12. The summed E-state index contributed by atoms with van der Waals surface area (Å²) in [5.41, 5.74) is 1.11. The molecule has 2 heterocycles. The van der Waals surface area contributed by atoms with Crippen molar-refractivity contribution < 1.29 is 4.74 Å². The molecular weight excluding hydrogens is 250 g/mol. The van der Waals surface area contributed by atoms with Crippen LogP contribution in [0.3, 0.4) is 0 Å². The van der Waals surface area contributed by atoms with Gasteiger partial charge in [-0.05, 0) is 37.9 Å². The van der Waals surface area contributed by atoms with Crippen LogP contribution in [0.15, 0.2) is 24.4 Å². The number of hydrogen-bond donors (Lipinski definition) is 1. The highest BCUT2D eigenvalue weighted by molar-refractivity contribution is 5.02. The van der Waals surface area contributed by atoms with Crippen LogP contribution >= 0.6 is 0 Å². The molecule has 1 aromatic rings. The van der Waals surface area contributed by atoms with Gasteiger partial charge in [0.15, 0.2) is 0 Å². The van der Waals surface area contributed by atoms with E-state index in [9.17, 15) is 0 Å². The zero-order valence-corrected chi connectivity index (χ0v) is 12.6. The summed E-state index contributed by atoms with van der Waals surface area (Å²) in [6.07, 6.45) is 5.88. The van der Waals surface area contributed by atoms with E-state index in [4.69, 9.17) is 4.74 Å². The Balaban J connectivity index is 1.59. The second-order valence-corrected chi connectivity index (χ2v) is 5.43. The van der Waals surface area contributed by atoms with Crippen molar-refractivity contribution in [2.75, 3.05) is 32.8 Å².